The normalized spacial score (nSPS) is 13.3. The maximum Gasteiger partial charge on any atom is 0.0502 e. The van der Waals surface area contributed by atoms with Gasteiger partial charge in [0, 0.05) is 16.0 Å². The van der Waals surface area contributed by atoms with E-state index in [1.54, 1.807) is 0 Å². The first-order chi connectivity index (χ1) is 9.63. The lowest BCUT2D eigenvalue weighted by molar-refractivity contribution is 0.911. The molecule has 1 aliphatic rings. The molecule has 2 aromatic carbocycles. The molecule has 0 spiro atoms. The van der Waals surface area contributed by atoms with E-state index in [-0.39, 0.29) is 0 Å². The number of rotatable bonds is 3. The van der Waals surface area contributed by atoms with Crippen LogP contribution in [0.4, 0.5) is 5.69 Å². The van der Waals surface area contributed by atoms with Crippen LogP contribution in [0.1, 0.15) is 28.7 Å². The topological polar surface area (TPSA) is 12.0 Å². The summed E-state index contributed by atoms with van der Waals surface area (Å²) in [4.78, 5) is 0. The zero-order valence-electron chi connectivity index (χ0n) is 11.5. The molecule has 0 unspecified atom stereocenters. The lowest BCUT2D eigenvalue weighted by Crippen LogP contribution is -2.01. The zero-order chi connectivity index (χ0) is 14.1. The van der Waals surface area contributed by atoms with Crippen molar-refractivity contribution >= 4 is 33.2 Å². The molecular formula is C17H17BrClN. The van der Waals surface area contributed by atoms with Gasteiger partial charge in [-0.15, -0.1) is 0 Å². The molecule has 104 valence electrons. The molecule has 0 aliphatic heterocycles. The summed E-state index contributed by atoms with van der Waals surface area (Å²) in [5.74, 6) is 0. The summed E-state index contributed by atoms with van der Waals surface area (Å²) >= 11 is 9.77. The highest BCUT2D eigenvalue weighted by Gasteiger charge is 2.11. The van der Waals surface area contributed by atoms with Crippen molar-refractivity contribution in [2.45, 2.75) is 32.7 Å². The van der Waals surface area contributed by atoms with Crippen molar-refractivity contribution in [3.05, 3.63) is 62.1 Å². The van der Waals surface area contributed by atoms with Gasteiger partial charge in [-0.2, -0.15) is 0 Å². The SMILES string of the molecule is Cc1cc(Br)c(NCc2ccc3c(c2)CCC3)cc1Cl. The molecule has 0 amide bonds. The van der Waals surface area contributed by atoms with E-state index in [1.165, 1.54) is 36.0 Å². The Balaban J connectivity index is 1.75. The van der Waals surface area contributed by atoms with Crippen LogP contribution in [-0.2, 0) is 19.4 Å². The van der Waals surface area contributed by atoms with Gasteiger partial charge in [-0.3, -0.25) is 0 Å². The van der Waals surface area contributed by atoms with Crippen molar-refractivity contribution in [3.8, 4) is 0 Å². The van der Waals surface area contributed by atoms with E-state index >= 15 is 0 Å². The van der Waals surface area contributed by atoms with Crippen LogP contribution in [-0.4, -0.2) is 0 Å². The fourth-order valence-electron chi connectivity index (χ4n) is 2.71. The number of halogens is 2. The van der Waals surface area contributed by atoms with Gasteiger partial charge in [0.05, 0.1) is 5.69 Å². The van der Waals surface area contributed by atoms with E-state index < -0.39 is 0 Å². The lowest BCUT2D eigenvalue weighted by atomic mass is 10.1. The summed E-state index contributed by atoms with van der Waals surface area (Å²) in [5, 5.41) is 4.25. The lowest BCUT2D eigenvalue weighted by Gasteiger charge is -2.11. The molecule has 0 bridgehead atoms. The van der Waals surface area contributed by atoms with E-state index in [0.717, 1.165) is 27.3 Å². The number of aryl methyl sites for hydroxylation is 3. The molecular weight excluding hydrogens is 334 g/mol. The first kappa shape index (κ1) is 14.0. The summed E-state index contributed by atoms with van der Waals surface area (Å²) in [6.07, 6.45) is 3.76. The molecule has 0 aromatic heterocycles. The van der Waals surface area contributed by atoms with Gasteiger partial charge >= 0.3 is 0 Å². The number of benzene rings is 2. The highest BCUT2D eigenvalue weighted by molar-refractivity contribution is 9.10. The summed E-state index contributed by atoms with van der Waals surface area (Å²) in [6.45, 7) is 2.84. The van der Waals surface area contributed by atoms with Crippen LogP contribution < -0.4 is 5.32 Å². The van der Waals surface area contributed by atoms with Gasteiger partial charge < -0.3 is 5.32 Å². The highest BCUT2D eigenvalue weighted by Crippen LogP contribution is 2.30. The first-order valence-electron chi connectivity index (χ1n) is 6.93. The zero-order valence-corrected chi connectivity index (χ0v) is 13.8. The Hall–Kier alpha value is -0.990. The van der Waals surface area contributed by atoms with Crippen molar-refractivity contribution in [2.24, 2.45) is 0 Å². The molecule has 3 heteroatoms. The van der Waals surface area contributed by atoms with Crippen LogP contribution >= 0.6 is 27.5 Å². The Morgan fingerprint density at radius 2 is 1.95 bits per heavy atom. The summed E-state index contributed by atoms with van der Waals surface area (Å²) in [7, 11) is 0. The smallest absolute Gasteiger partial charge is 0.0502 e. The molecule has 1 N–H and O–H groups in total. The second-order valence-electron chi connectivity index (χ2n) is 5.39. The standard InChI is InChI=1S/C17H17BrClN/c1-11-7-15(18)17(9-16(11)19)20-10-12-5-6-13-3-2-4-14(13)8-12/h5-9,20H,2-4,10H2,1H3. The van der Waals surface area contributed by atoms with E-state index in [1.807, 2.05) is 19.1 Å². The molecule has 0 saturated carbocycles. The number of hydrogen-bond acceptors (Lipinski definition) is 1. The molecule has 0 atom stereocenters. The van der Waals surface area contributed by atoms with Crippen LogP contribution in [0, 0.1) is 6.92 Å². The average Bonchev–Trinajstić information content (AvgIpc) is 2.89. The van der Waals surface area contributed by atoms with Crippen molar-refractivity contribution in [1.29, 1.82) is 0 Å². The van der Waals surface area contributed by atoms with Gasteiger partial charge in [-0.1, -0.05) is 29.8 Å². The van der Waals surface area contributed by atoms with Crippen LogP contribution in [0.5, 0.6) is 0 Å². The fraction of sp³-hybridized carbons (Fsp3) is 0.294. The van der Waals surface area contributed by atoms with Gasteiger partial charge in [0.2, 0.25) is 0 Å². The molecule has 2 aromatic rings. The number of fused-ring (bicyclic) bond motifs is 1. The van der Waals surface area contributed by atoms with Gasteiger partial charge in [0.15, 0.2) is 0 Å². The Kier molecular flexibility index (Phi) is 4.04. The van der Waals surface area contributed by atoms with Crippen molar-refractivity contribution in [1.82, 2.24) is 0 Å². The first-order valence-corrected chi connectivity index (χ1v) is 8.11. The number of nitrogens with one attached hydrogen (secondary N) is 1. The number of hydrogen-bond donors (Lipinski definition) is 1. The quantitative estimate of drug-likeness (QED) is 0.769. The third-order valence-corrected chi connectivity index (χ3v) is 4.96. The maximum atomic E-state index is 6.18. The van der Waals surface area contributed by atoms with Crippen molar-refractivity contribution in [3.63, 3.8) is 0 Å². The predicted molar refractivity (Wildman–Crippen MR) is 89.7 cm³/mol. The van der Waals surface area contributed by atoms with E-state index in [9.17, 15) is 0 Å². The van der Waals surface area contributed by atoms with Crippen molar-refractivity contribution in [2.75, 3.05) is 5.32 Å². The predicted octanol–water partition coefficient (Wildman–Crippen LogP) is 5.51. The minimum atomic E-state index is 0.796. The third-order valence-electron chi connectivity index (χ3n) is 3.89. The van der Waals surface area contributed by atoms with Crippen LogP contribution in [0.15, 0.2) is 34.8 Å². The van der Waals surface area contributed by atoms with Gasteiger partial charge in [-0.25, -0.2) is 0 Å². The highest BCUT2D eigenvalue weighted by atomic mass is 79.9. The van der Waals surface area contributed by atoms with Gasteiger partial charge in [0.25, 0.3) is 0 Å². The maximum absolute atomic E-state index is 6.18. The van der Waals surface area contributed by atoms with Crippen LogP contribution in [0.3, 0.4) is 0 Å². The Labute approximate surface area is 133 Å². The van der Waals surface area contributed by atoms with E-state index in [0.29, 0.717) is 0 Å². The Morgan fingerprint density at radius 3 is 2.80 bits per heavy atom. The van der Waals surface area contributed by atoms with E-state index in [4.69, 9.17) is 11.6 Å². The van der Waals surface area contributed by atoms with Crippen LogP contribution in [0.2, 0.25) is 5.02 Å². The van der Waals surface area contributed by atoms with Crippen molar-refractivity contribution < 1.29 is 0 Å². The monoisotopic (exact) mass is 349 g/mol. The summed E-state index contributed by atoms with van der Waals surface area (Å²) in [5.41, 5.74) is 6.50. The van der Waals surface area contributed by atoms with E-state index in [2.05, 4.69) is 39.4 Å². The molecule has 1 aliphatic carbocycles. The summed E-state index contributed by atoms with van der Waals surface area (Å²) in [6, 6.07) is 10.9. The number of anilines is 1. The van der Waals surface area contributed by atoms with Crippen LogP contribution in [0.25, 0.3) is 0 Å². The average molecular weight is 351 g/mol. The largest absolute Gasteiger partial charge is 0.380 e. The molecule has 20 heavy (non-hydrogen) atoms. The molecule has 0 fully saturated rings. The van der Waals surface area contributed by atoms with Gasteiger partial charge in [-0.05, 0) is 76.5 Å². The molecule has 0 saturated heterocycles. The second-order valence-corrected chi connectivity index (χ2v) is 6.65. The molecule has 0 radical (unpaired) electrons. The molecule has 0 heterocycles. The fourth-order valence-corrected chi connectivity index (χ4v) is 3.48. The third kappa shape index (κ3) is 2.87. The molecule has 3 rings (SSSR count). The molecule has 1 nitrogen and oxygen atoms in total. The summed E-state index contributed by atoms with van der Waals surface area (Å²) < 4.78 is 1.06. The van der Waals surface area contributed by atoms with Gasteiger partial charge in [0.1, 0.15) is 0 Å². The Morgan fingerprint density at radius 1 is 1.15 bits per heavy atom. The second kappa shape index (κ2) is 5.79. The minimum absolute atomic E-state index is 0.796. The minimum Gasteiger partial charge on any atom is -0.380 e. The Bertz CT molecular complexity index is 652.